The third kappa shape index (κ3) is 3.09. The molecule has 0 aliphatic carbocycles. The Morgan fingerprint density at radius 1 is 1.35 bits per heavy atom. The Kier molecular flexibility index (Phi) is 4.37. The average Bonchev–Trinajstić information content (AvgIpc) is 2.54. The van der Waals surface area contributed by atoms with Gasteiger partial charge in [0.15, 0.2) is 4.84 Å². The maximum Gasteiger partial charge on any atom is 0.256 e. The molecule has 0 fully saturated rings. The Balaban J connectivity index is 1.98. The minimum atomic E-state index is -1.17. The molecular formula is C15H12Cl2FN3O2. The number of aromatic amines is 1. The summed E-state index contributed by atoms with van der Waals surface area (Å²) >= 11 is 11.2. The van der Waals surface area contributed by atoms with Gasteiger partial charge in [-0.3, -0.25) is 9.59 Å². The second-order valence-corrected chi connectivity index (χ2v) is 6.23. The van der Waals surface area contributed by atoms with Crippen molar-refractivity contribution in [2.45, 2.75) is 17.8 Å². The Morgan fingerprint density at radius 2 is 2.09 bits per heavy atom. The summed E-state index contributed by atoms with van der Waals surface area (Å²) in [6.45, 7) is 0.443. The Hall–Kier alpha value is -1.92. The molecule has 0 atom stereocenters. The van der Waals surface area contributed by atoms with E-state index in [0.29, 0.717) is 24.2 Å². The van der Waals surface area contributed by atoms with Gasteiger partial charge < -0.3 is 9.88 Å². The van der Waals surface area contributed by atoms with Crippen molar-refractivity contribution in [3.63, 3.8) is 0 Å². The molecule has 0 saturated carbocycles. The number of fused-ring (bicyclic) bond motifs is 1. The quantitative estimate of drug-likeness (QED) is 0.840. The number of amides is 1. The van der Waals surface area contributed by atoms with Gasteiger partial charge in [-0.2, -0.15) is 0 Å². The van der Waals surface area contributed by atoms with Crippen LogP contribution in [0.5, 0.6) is 0 Å². The summed E-state index contributed by atoms with van der Waals surface area (Å²) in [6, 6.07) is 6.08. The van der Waals surface area contributed by atoms with E-state index in [1.807, 2.05) is 0 Å². The second kappa shape index (κ2) is 6.29. The first-order valence-electron chi connectivity index (χ1n) is 6.91. The van der Waals surface area contributed by atoms with Crippen molar-refractivity contribution in [3.8, 4) is 11.4 Å². The van der Waals surface area contributed by atoms with Gasteiger partial charge in [0.05, 0.1) is 23.4 Å². The lowest BCUT2D eigenvalue weighted by atomic mass is 10.1. The maximum absolute atomic E-state index is 13.9. The van der Waals surface area contributed by atoms with E-state index in [1.165, 1.54) is 11.0 Å². The van der Waals surface area contributed by atoms with Gasteiger partial charge >= 0.3 is 0 Å². The van der Waals surface area contributed by atoms with Gasteiger partial charge in [-0.15, -0.1) is 0 Å². The molecule has 3 rings (SSSR count). The van der Waals surface area contributed by atoms with E-state index in [1.54, 1.807) is 18.2 Å². The Labute approximate surface area is 141 Å². The summed E-state index contributed by atoms with van der Waals surface area (Å²) in [5.74, 6) is -0.730. The molecule has 1 aliphatic rings. The standard InChI is InChI=1S/C15H12Cl2FN3O2/c16-12(17)15(23)21-6-5-11-9(7-21)14(22)20-13(19-11)8-3-1-2-4-10(8)18/h1-4,12H,5-7H2,(H,19,20,22). The van der Waals surface area contributed by atoms with E-state index >= 15 is 0 Å². The Morgan fingerprint density at radius 3 is 2.78 bits per heavy atom. The summed E-state index contributed by atoms with van der Waals surface area (Å²) < 4.78 is 13.9. The van der Waals surface area contributed by atoms with Gasteiger partial charge in [0.2, 0.25) is 0 Å². The van der Waals surface area contributed by atoms with Gasteiger partial charge in [-0.25, -0.2) is 9.37 Å². The third-order valence-corrected chi connectivity index (χ3v) is 4.07. The number of halogens is 3. The van der Waals surface area contributed by atoms with E-state index in [-0.39, 0.29) is 17.9 Å². The number of H-pyrrole nitrogens is 1. The van der Waals surface area contributed by atoms with Crippen molar-refractivity contribution in [3.05, 3.63) is 51.7 Å². The lowest BCUT2D eigenvalue weighted by molar-refractivity contribution is -0.130. The summed E-state index contributed by atoms with van der Waals surface area (Å²) in [6.07, 6.45) is 0.382. The average molecular weight is 356 g/mol. The number of nitrogens with zero attached hydrogens (tertiary/aromatic N) is 2. The number of alkyl halides is 2. The van der Waals surface area contributed by atoms with Crippen molar-refractivity contribution in [1.29, 1.82) is 0 Å². The zero-order chi connectivity index (χ0) is 16.6. The van der Waals surface area contributed by atoms with Crippen molar-refractivity contribution < 1.29 is 9.18 Å². The SMILES string of the molecule is O=C(C(Cl)Cl)N1CCc2nc(-c3ccccc3F)[nH]c(=O)c2C1. The van der Waals surface area contributed by atoms with E-state index in [0.717, 1.165) is 0 Å². The maximum atomic E-state index is 13.9. The van der Waals surface area contributed by atoms with Gasteiger partial charge in [0.25, 0.3) is 11.5 Å². The minimum Gasteiger partial charge on any atom is -0.335 e. The fourth-order valence-corrected chi connectivity index (χ4v) is 2.81. The van der Waals surface area contributed by atoms with Gasteiger partial charge in [-0.1, -0.05) is 35.3 Å². The molecule has 5 nitrogen and oxygen atoms in total. The molecule has 1 aromatic carbocycles. The number of benzene rings is 1. The fraction of sp³-hybridized carbons (Fsp3) is 0.267. The minimum absolute atomic E-state index is 0.0873. The van der Waals surface area contributed by atoms with Crippen LogP contribution in [0.3, 0.4) is 0 Å². The number of hydrogen-bond acceptors (Lipinski definition) is 3. The molecule has 0 spiro atoms. The summed E-state index contributed by atoms with van der Waals surface area (Å²) in [4.78, 5) is 31.3. The third-order valence-electron chi connectivity index (χ3n) is 3.70. The predicted molar refractivity (Wildman–Crippen MR) is 84.9 cm³/mol. The Bertz CT molecular complexity index is 823. The highest BCUT2D eigenvalue weighted by Gasteiger charge is 2.27. The number of aromatic nitrogens is 2. The molecule has 1 N–H and O–H groups in total. The molecular weight excluding hydrogens is 344 g/mol. The van der Waals surface area contributed by atoms with Gasteiger partial charge in [-0.05, 0) is 12.1 Å². The summed E-state index contributed by atoms with van der Waals surface area (Å²) in [5.41, 5.74) is 0.759. The van der Waals surface area contributed by atoms with E-state index in [4.69, 9.17) is 23.2 Å². The van der Waals surface area contributed by atoms with E-state index < -0.39 is 22.1 Å². The highest BCUT2D eigenvalue weighted by molar-refractivity contribution is 6.53. The van der Waals surface area contributed by atoms with E-state index in [9.17, 15) is 14.0 Å². The zero-order valence-corrected chi connectivity index (χ0v) is 13.4. The first-order valence-corrected chi connectivity index (χ1v) is 7.78. The van der Waals surface area contributed by atoms with Crippen LogP contribution in [0.4, 0.5) is 4.39 Å². The van der Waals surface area contributed by atoms with Crippen LogP contribution in [-0.2, 0) is 17.8 Å². The number of carbonyl (C=O) groups is 1. The molecule has 2 heterocycles. The topological polar surface area (TPSA) is 66.1 Å². The van der Waals surface area contributed by atoms with Crippen LogP contribution in [-0.4, -0.2) is 32.2 Å². The van der Waals surface area contributed by atoms with Crippen LogP contribution >= 0.6 is 23.2 Å². The lowest BCUT2D eigenvalue weighted by Crippen LogP contribution is -2.41. The smallest absolute Gasteiger partial charge is 0.256 e. The summed E-state index contributed by atoms with van der Waals surface area (Å²) in [5, 5.41) is 0. The highest BCUT2D eigenvalue weighted by atomic mass is 35.5. The van der Waals surface area contributed by atoms with Crippen LogP contribution in [0.1, 0.15) is 11.3 Å². The highest BCUT2D eigenvalue weighted by Crippen LogP contribution is 2.22. The summed E-state index contributed by atoms with van der Waals surface area (Å²) in [7, 11) is 0. The van der Waals surface area contributed by atoms with Gasteiger partial charge in [0, 0.05) is 13.0 Å². The number of nitrogens with one attached hydrogen (secondary N) is 1. The van der Waals surface area contributed by atoms with Crippen LogP contribution in [0.25, 0.3) is 11.4 Å². The normalized spacial score (nSPS) is 14.0. The molecule has 8 heteroatoms. The second-order valence-electron chi connectivity index (χ2n) is 5.13. The molecule has 1 aromatic heterocycles. The molecule has 120 valence electrons. The first kappa shape index (κ1) is 16.0. The zero-order valence-electron chi connectivity index (χ0n) is 11.9. The largest absolute Gasteiger partial charge is 0.335 e. The van der Waals surface area contributed by atoms with E-state index in [2.05, 4.69) is 9.97 Å². The van der Waals surface area contributed by atoms with Gasteiger partial charge in [0.1, 0.15) is 11.6 Å². The molecule has 23 heavy (non-hydrogen) atoms. The molecule has 0 saturated heterocycles. The van der Waals surface area contributed by atoms with Crippen LogP contribution in [0, 0.1) is 5.82 Å². The molecule has 1 amide bonds. The lowest BCUT2D eigenvalue weighted by Gasteiger charge is -2.28. The number of carbonyl (C=O) groups excluding carboxylic acids is 1. The first-order chi connectivity index (χ1) is 11.0. The van der Waals surface area contributed by atoms with Crippen LogP contribution < -0.4 is 5.56 Å². The van der Waals surface area contributed by atoms with Crippen molar-refractivity contribution >= 4 is 29.1 Å². The predicted octanol–water partition coefficient (Wildman–Crippen LogP) is 2.26. The molecule has 0 bridgehead atoms. The monoisotopic (exact) mass is 355 g/mol. The van der Waals surface area contributed by atoms with Crippen LogP contribution in [0.15, 0.2) is 29.1 Å². The van der Waals surface area contributed by atoms with Crippen LogP contribution in [0.2, 0.25) is 0 Å². The molecule has 2 aromatic rings. The number of hydrogen-bond donors (Lipinski definition) is 1. The van der Waals surface area contributed by atoms with Crippen molar-refractivity contribution in [2.75, 3.05) is 6.54 Å². The van der Waals surface area contributed by atoms with Crippen molar-refractivity contribution in [1.82, 2.24) is 14.9 Å². The molecule has 0 radical (unpaired) electrons. The number of rotatable bonds is 2. The van der Waals surface area contributed by atoms with Crippen molar-refractivity contribution in [2.24, 2.45) is 0 Å². The molecule has 0 unspecified atom stereocenters. The fourth-order valence-electron chi connectivity index (χ4n) is 2.53. The molecule has 1 aliphatic heterocycles.